The molecule has 0 spiro atoms. The first-order valence-corrected chi connectivity index (χ1v) is 6.25. The molecule has 1 aromatic heterocycles. The van der Waals surface area contributed by atoms with E-state index in [-0.39, 0.29) is 30.2 Å². The van der Waals surface area contributed by atoms with Gasteiger partial charge in [-0.3, -0.25) is 4.79 Å². The molecule has 4 nitrogen and oxygen atoms in total. The van der Waals surface area contributed by atoms with Crippen LogP contribution in [0.25, 0.3) is 0 Å². The highest BCUT2D eigenvalue weighted by atomic mass is 19.1. The maximum Gasteiger partial charge on any atom is 0.270 e. The van der Waals surface area contributed by atoms with Gasteiger partial charge < -0.3 is 10.4 Å². The second-order valence-corrected chi connectivity index (χ2v) is 4.65. The second-order valence-electron chi connectivity index (χ2n) is 4.65. The fourth-order valence-electron chi connectivity index (χ4n) is 2.39. The molecular weight excluding hydrogens is 235 g/mol. The fraction of sp³-hybridized carbons (Fsp3) is 0.538. The van der Waals surface area contributed by atoms with Gasteiger partial charge in [-0.05, 0) is 25.0 Å². The molecule has 2 rings (SSSR count). The molecule has 1 heterocycles. The monoisotopic (exact) mass is 252 g/mol. The summed E-state index contributed by atoms with van der Waals surface area (Å²) in [5.41, 5.74) is 0.0808. The minimum absolute atomic E-state index is 0.0404. The van der Waals surface area contributed by atoms with Crippen LogP contribution in [0.3, 0.4) is 0 Å². The lowest BCUT2D eigenvalue weighted by Crippen LogP contribution is -2.43. The average molecular weight is 252 g/mol. The van der Waals surface area contributed by atoms with Crippen LogP contribution in [-0.2, 0) is 0 Å². The standard InChI is InChI=1S/C13H17FN2O2/c14-12-7-3-6-11(15-12)13(18)16-10-5-2-1-4-9(10)8-17/h3,6-7,9-10,17H,1-2,4-5,8H2,(H,16,18). The predicted octanol–water partition coefficient (Wildman–Crippen LogP) is 1.50. The van der Waals surface area contributed by atoms with E-state index in [1.807, 2.05) is 0 Å². The Morgan fingerprint density at radius 1 is 1.44 bits per heavy atom. The van der Waals surface area contributed by atoms with Crippen LogP contribution >= 0.6 is 0 Å². The SMILES string of the molecule is O=C(NC1CCCCC1CO)c1cccc(F)n1. The largest absolute Gasteiger partial charge is 0.396 e. The van der Waals surface area contributed by atoms with E-state index in [1.165, 1.54) is 18.2 Å². The van der Waals surface area contributed by atoms with Crippen LogP contribution in [0.1, 0.15) is 36.2 Å². The van der Waals surface area contributed by atoms with Crippen LogP contribution in [-0.4, -0.2) is 28.6 Å². The lowest BCUT2D eigenvalue weighted by molar-refractivity contribution is 0.0866. The zero-order valence-corrected chi connectivity index (χ0v) is 10.1. The van der Waals surface area contributed by atoms with E-state index in [1.54, 1.807) is 0 Å². The van der Waals surface area contributed by atoms with Crippen molar-refractivity contribution >= 4 is 5.91 Å². The molecule has 2 unspecified atom stereocenters. The van der Waals surface area contributed by atoms with Crippen molar-refractivity contribution in [3.05, 3.63) is 29.8 Å². The number of aromatic nitrogens is 1. The summed E-state index contributed by atoms with van der Waals surface area (Å²) in [5, 5.41) is 12.1. The van der Waals surface area contributed by atoms with E-state index in [9.17, 15) is 14.3 Å². The molecule has 0 bridgehead atoms. The minimum atomic E-state index is -0.662. The number of amides is 1. The lowest BCUT2D eigenvalue weighted by Gasteiger charge is -2.30. The summed E-state index contributed by atoms with van der Waals surface area (Å²) in [4.78, 5) is 15.5. The third kappa shape index (κ3) is 3.04. The van der Waals surface area contributed by atoms with Crippen molar-refractivity contribution < 1.29 is 14.3 Å². The molecule has 1 saturated carbocycles. The van der Waals surface area contributed by atoms with Gasteiger partial charge in [-0.25, -0.2) is 4.98 Å². The Morgan fingerprint density at radius 2 is 2.22 bits per heavy atom. The van der Waals surface area contributed by atoms with Crippen molar-refractivity contribution in [1.29, 1.82) is 0 Å². The van der Waals surface area contributed by atoms with Crippen molar-refractivity contribution in [2.24, 2.45) is 5.92 Å². The van der Waals surface area contributed by atoms with E-state index in [2.05, 4.69) is 10.3 Å². The van der Waals surface area contributed by atoms with Crippen molar-refractivity contribution in [3.8, 4) is 0 Å². The normalized spacial score (nSPS) is 23.7. The van der Waals surface area contributed by atoms with E-state index in [0.29, 0.717) is 0 Å². The summed E-state index contributed by atoms with van der Waals surface area (Å²) in [5.74, 6) is -0.943. The molecule has 2 N–H and O–H groups in total. The highest BCUT2D eigenvalue weighted by molar-refractivity contribution is 5.92. The molecule has 1 fully saturated rings. The van der Waals surface area contributed by atoms with Gasteiger partial charge in [0.1, 0.15) is 5.69 Å². The number of nitrogens with zero attached hydrogens (tertiary/aromatic N) is 1. The lowest BCUT2D eigenvalue weighted by atomic mass is 9.85. The Morgan fingerprint density at radius 3 is 2.94 bits per heavy atom. The van der Waals surface area contributed by atoms with E-state index in [0.717, 1.165) is 25.7 Å². The topological polar surface area (TPSA) is 62.2 Å². The quantitative estimate of drug-likeness (QED) is 0.801. The third-order valence-corrected chi connectivity index (χ3v) is 3.41. The minimum Gasteiger partial charge on any atom is -0.396 e. The van der Waals surface area contributed by atoms with Crippen molar-refractivity contribution in [2.45, 2.75) is 31.7 Å². The summed E-state index contributed by atoms with van der Waals surface area (Å²) < 4.78 is 12.9. The number of pyridine rings is 1. The molecule has 0 aromatic carbocycles. The first-order valence-electron chi connectivity index (χ1n) is 6.25. The zero-order chi connectivity index (χ0) is 13.0. The molecule has 1 aliphatic rings. The number of aliphatic hydroxyl groups excluding tert-OH is 1. The van der Waals surface area contributed by atoms with Crippen LogP contribution in [0.15, 0.2) is 18.2 Å². The number of hydrogen-bond acceptors (Lipinski definition) is 3. The number of nitrogens with one attached hydrogen (secondary N) is 1. The maximum atomic E-state index is 12.9. The summed E-state index contributed by atoms with van der Waals surface area (Å²) in [6, 6.07) is 4.10. The molecule has 1 aliphatic carbocycles. The van der Waals surface area contributed by atoms with Gasteiger partial charge in [0.25, 0.3) is 5.91 Å². The average Bonchev–Trinajstić information content (AvgIpc) is 2.39. The maximum absolute atomic E-state index is 12.9. The Kier molecular flexibility index (Phi) is 4.25. The van der Waals surface area contributed by atoms with Crippen LogP contribution in [0, 0.1) is 11.9 Å². The van der Waals surface area contributed by atoms with Crippen molar-refractivity contribution in [3.63, 3.8) is 0 Å². The molecule has 0 aliphatic heterocycles. The number of aliphatic hydroxyl groups is 1. The Bertz CT molecular complexity index is 425. The van der Waals surface area contributed by atoms with Gasteiger partial charge in [0.15, 0.2) is 0 Å². The van der Waals surface area contributed by atoms with E-state index in [4.69, 9.17) is 0 Å². The number of rotatable bonds is 3. The Hall–Kier alpha value is -1.49. The first kappa shape index (κ1) is 13.0. The molecule has 98 valence electrons. The van der Waals surface area contributed by atoms with Gasteiger partial charge in [-0.15, -0.1) is 0 Å². The van der Waals surface area contributed by atoms with E-state index < -0.39 is 5.95 Å². The molecule has 0 radical (unpaired) electrons. The van der Waals surface area contributed by atoms with Gasteiger partial charge in [0.2, 0.25) is 5.95 Å². The highest BCUT2D eigenvalue weighted by Crippen LogP contribution is 2.24. The number of halogens is 1. The smallest absolute Gasteiger partial charge is 0.270 e. The molecule has 18 heavy (non-hydrogen) atoms. The predicted molar refractivity (Wildman–Crippen MR) is 64.5 cm³/mol. The summed E-state index contributed by atoms with van der Waals surface area (Å²) in [6.07, 6.45) is 3.89. The number of hydrogen-bond donors (Lipinski definition) is 2. The summed E-state index contributed by atoms with van der Waals surface area (Å²) in [7, 11) is 0. The van der Waals surface area contributed by atoms with Gasteiger partial charge in [0.05, 0.1) is 0 Å². The summed E-state index contributed by atoms with van der Waals surface area (Å²) >= 11 is 0. The molecule has 1 aromatic rings. The molecule has 2 atom stereocenters. The van der Waals surface area contributed by atoms with Crippen LogP contribution in [0.2, 0.25) is 0 Å². The Balaban J connectivity index is 2.02. The van der Waals surface area contributed by atoms with Crippen LogP contribution in [0.5, 0.6) is 0 Å². The van der Waals surface area contributed by atoms with Gasteiger partial charge in [0, 0.05) is 18.6 Å². The summed E-state index contributed by atoms with van der Waals surface area (Å²) in [6.45, 7) is 0.0710. The van der Waals surface area contributed by atoms with Crippen LogP contribution in [0.4, 0.5) is 4.39 Å². The van der Waals surface area contributed by atoms with Gasteiger partial charge in [-0.1, -0.05) is 18.9 Å². The van der Waals surface area contributed by atoms with Crippen molar-refractivity contribution in [1.82, 2.24) is 10.3 Å². The fourth-order valence-corrected chi connectivity index (χ4v) is 2.39. The first-order chi connectivity index (χ1) is 8.70. The van der Waals surface area contributed by atoms with Gasteiger partial charge >= 0.3 is 0 Å². The molecule has 5 heteroatoms. The molecule has 1 amide bonds. The molecular formula is C13H17FN2O2. The van der Waals surface area contributed by atoms with E-state index >= 15 is 0 Å². The molecule has 0 saturated heterocycles. The number of carbonyl (C=O) groups is 1. The van der Waals surface area contributed by atoms with Gasteiger partial charge in [-0.2, -0.15) is 4.39 Å². The highest BCUT2D eigenvalue weighted by Gasteiger charge is 2.26. The zero-order valence-electron chi connectivity index (χ0n) is 10.1. The number of carbonyl (C=O) groups excluding carboxylic acids is 1. The van der Waals surface area contributed by atoms with Crippen LogP contribution < -0.4 is 5.32 Å². The Labute approximate surface area is 105 Å². The second kappa shape index (κ2) is 5.91. The third-order valence-electron chi connectivity index (χ3n) is 3.41. The van der Waals surface area contributed by atoms with Crippen molar-refractivity contribution in [2.75, 3.05) is 6.61 Å².